The van der Waals surface area contributed by atoms with Gasteiger partial charge in [0, 0.05) is 28.4 Å². The van der Waals surface area contributed by atoms with Crippen molar-refractivity contribution in [2.75, 3.05) is 24.4 Å². The van der Waals surface area contributed by atoms with Crippen molar-refractivity contribution in [2.24, 2.45) is 0 Å². The molecule has 0 unspecified atom stereocenters. The van der Waals surface area contributed by atoms with Crippen LogP contribution in [0.1, 0.15) is 0 Å². The van der Waals surface area contributed by atoms with Gasteiger partial charge in [-0.05, 0) is 24.5 Å². The summed E-state index contributed by atoms with van der Waals surface area (Å²) < 4.78 is 5.20. The van der Waals surface area contributed by atoms with Crippen LogP contribution in [-0.4, -0.2) is 13.4 Å². The standard InChI is InChI=1S/C14H16N2OS/c1-17-12-8-10(15)7-11(9-12)16-13-5-3-4-6-14(13)18-2/h3-9,16H,15H2,1-2H3. The first-order valence-corrected chi connectivity index (χ1v) is 6.80. The molecule has 0 amide bonds. The Balaban J connectivity index is 2.30. The van der Waals surface area contributed by atoms with E-state index in [0.717, 1.165) is 17.1 Å². The molecule has 2 rings (SSSR count). The Bertz CT molecular complexity index is 543. The third-order valence-corrected chi connectivity index (χ3v) is 3.35. The van der Waals surface area contributed by atoms with Crippen molar-refractivity contribution >= 4 is 28.8 Å². The lowest BCUT2D eigenvalue weighted by Gasteiger charge is -2.12. The average molecular weight is 260 g/mol. The molecular formula is C14H16N2OS. The lowest BCUT2D eigenvalue weighted by atomic mass is 10.2. The number of nitrogen functional groups attached to an aromatic ring is 1. The molecule has 3 nitrogen and oxygen atoms in total. The second-order valence-electron chi connectivity index (χ2n) is 3.82. The third kappa shape index (κ3) is 2.90. The molecule has 0 radical (unpaired) electrons. The molecule has 0 spiro atoms. The van der Waals surface area contributed by atoms with Crippen molar-refractivity contribution in [3.8, 4) is 5.75 Å². The maximum absolute atomic E-state index is 5.83. The maximum Gasteiger partial charge on any atom is 0.122 e. The fraction of sp³-hybridized carbons (Fsp3) is 0.143. The van der Waals surface area contributed by atoms with E-state index in [1.54, 1.807) is 24.9 Å². The molecule has 0 aliphatic carbocycles. The summed E-state index contributed by atoms with van der Waals surface area (Å²) in [4.78, 5) is 1.19. The van der Waals surface area contributed by atoms with Crippen molar-refractivity contribution in [1.82, 2.24) is 0 Å². The van der Waals surface area contributed by atoms with Crippen molar-refractivity contribution in [2.45, 2.75) is 4.90 Å². The highest BCUT2D eigenvalue weighted by Crippen LogP contribution is 2.30. The average Bonchev–Trinajstić information content (AvgIpc) is 2.38. The second-order valence-corrected chi connectivity index (χ2v) is 4.67. The smallest absolute Gasteiger partial charge is 0.122 e. The Labute approximate surface area is 111 Å². The second kappa shape index (κ2) is 5.69. The van der Waals surface area contributed by atoms with Gasteiger partial charge in [0.05, 0.1) is 12.8 Å². The summed E-state index contributed by atoms with van der Waals surface area (Å²) in [6.45, 7) is 0. The van der Waals surface area contributed by atoms with Crippen LogP contribution in [0.15, 0.2) is 47.4 Å². The van der Waals surface area contributed by atoms with E-state index in [1.165, 1.54) is 4.90 Å². The molecule has 0 aromatic heterocycles. The minimum atomic E-state index is 0.679. The highest BCUT2D eigenvalue weighted by molar-refractivity contribution is 7.98. The highest BCUT2D eigenvalue weighted by Gasteiger charge is 2.03. The number of nitrogens with two attached hydrogens (primary N) is 1. The Kier molecular flexibility index (Phi) is 3.99. The van der Waals surface area contributed by atoms with Crippen molar-refractivity contribution in [3.05, 3.63) is 42.5 Å². The summed E-state index contributed by atoms with van der Waals surface area (Å²) in [5.74, 6) is 0.749. The Morgan fingerprint density at radius 1 is 1.17 bits per heavy atom. The largest absolute Gasteiger partial charge is 0.497 e. The number of hydrogen-bond donors (Lipinski definition) is 2. The number of para-hydroxylation sites is 1. The molecule has 0 saturated heterocycles. The number of thioether (sulfide) groups is 1. The van der Waals surface area contributed by atoms with E-state index in [0.29, 0.717) is 5.69 Å². The molecule has 0 atom stereocenters. The summed E-state index contributed by atoms with van der Waals surface area (Å²) in [6.07, 6.45) is 2.06. The lowest BCUT2D eigenvalue weighted by Crippen LogP contribution is -1.95. The Morgan fingerprint density at radius 3 is 2.67 bits per heavy atom. The van der Waals surface area contributed by atoms with Crippen LogP contribution in [0.3, 0.4) is 0 Å². The molecule has 94 valence electrons. The molecular weight excluding hydrogens is 244 g/mol. The summed E-state index contributed by atoms with van der Waals surface area (Å²) >= 11 is 1.70. The zero-order valence-electron chi connectivity index (χ0n) is 10.4. The highest BCUT2D eigenvalue weighted by atomic mass is 32.2. The van der Waals surface area contributed by atoms with Crippen molar-refractivity contribution in [3.63, 3.8) is 0 Å². The maximum atomic E-state index is 5.83. The number of ether oxygens (including phenoxy) is 1. The molecule has 0 bridgehead atoms. The molecule has 0 fully saturated rings. The molecule has 0 heterocycles. The first kappa shape index (κ1) is 12.6. The first-order valence-electron chi connectivity index (χ1n) is 5.57. The quantitative estimate of drug-likeness (QED) is 0.649. The lowest BCUT2D eigenvalue weighted by molar-refractivity contribution is 0.415. The van der Waals surface area contributed by atoms with Crippen LogP contribution in [-0.2, 0) is 0 Å². The molecule has 4 heteroatoms. The van der Waals surface area contributed by atoms with Crippen LogP contribution < -0.4 is 15.8 Å². The van der Waals surface area contributed by atoms with E-state index in [1.807, 2.05) is 30.3 Å². The summed E-state index contributed by atoms with van der Waals surface area (Å²) in [5, 5.41) is 3.36. The van der Waals surface area contributed by atoms with Gasteiger partial charge in [-0.15, -0.1) is 11.8 Å². The van der Waals surface area contributed by atoms with Gasteiger partial charge in [-0.25, -0.2) is 0 Å². The number of benzene rings is 2. The van der Waals surface area contributed by atoms with Crippen LogP contribution in [0.4, 0.5) is 17.1 Å². The van der Waals surface area contributed by atoms with Crippen LogP contribution in [0.2, 0.25) is 0 Å². The van der Waals surface area contributed by atoms with Crippen LogP contribution >= 0.6 is 11.8 Å². The Hall–Kier alpha value is -1.81. The van der Waals surface area contributed by atoms with Gasteiger partial charge in [-0.1, -0.05) is 12.1 Å². The monoisotopic (exact) mass is 260 g/mol. The van der Waals surface area contributed by atoms with Crippen LogP contribution in [0, 0.1) is 0 Å². The van der Waals surface area contributed by atoms with Crippen molar-refractivity contribution < 1.29 is 4.74 Å². The van der Waals surface area contributed by atoms with E-state index in [-0.39, 0.29) is 0 Å². The van der Waals surface area contributed by atoms with E-state index < -0.39 is 0 Å². The molecule has 0 aliphatic heterocycles. The summed E-state index contributed by atoms with van der Waals surface area (Å²) in [7, 11) is 1.63. The van der Waals surface area contributed by atoms with Crippen molar-refractivity contribution in [1.29, 1.82) is 0 Å². The van der Waals surface area contributed by atoms with Gasteiger partial charge in [0.15, 0.2) is 0 Å². The van der Waals surface area contributed by atoms with E-state index in [2.05, 4.69) is 17.6 Å². The molecule has 0 aliphatic rings. The minimum absolute atomic E-state index is 0.679. The van der Waals surface area contributed by atoms with Gasteiger partial charge in [0.1, 0.15) is 5.75 Å². The van der Waals surface area contributed by atoms with Gasteiger partial charge in [0.2, 0.25) is 0 Å². The molecule has 18 heavy (non-hydrogen) atoms. The fourth-order valence-corrected chi connectivity index (χ4v) is 2.27. The molecule has 2 aromatic rings. The number of anilines is 3. The predicted octanol–water partition coefficient (Wildman–Crippen LogP) is 3.74. The van der Waals surface area contributed by atoms with E-state index in [9.17, 15) is 0 Å². The van der Waals surface area contributed by atoms with Crippen LogP contribution in [0.25, 0.3) is 0 Å². The number of rotatable bonds is 4. The summed E-state index contributed by atoms with van der Waals surface area (Å²) in [5.41, 5.74) is 8.50. The zero-order valence-corrected chi connectivity index (χ0v) is 11.3. The van der Waals surface area contributed by atoms with E-state index in [4.69, 9.17) is 10.5 Å². The SMILES string of the molecule is COc1cc(N)cc(Nc2ccccc2SC)c1. The van der Waals surface area contributed by atoms with Crippen LogP contribution in [0.5, 0.6) is 5.75 Å². The number of hydrogen-bond acceptors (Lipinski definition) is 4. The third-order valence-electron chi connectivity index (χ3n) is 2.55. The minimum Gasteiger partial charge on any atom is -0.497 e. The molecule has 3 N–H and O–H groups in total. The summed E-state index contributed by atoms with van der Waals surface area (Å²) in [6, 6.07) is 13.8. The van der Waals surface area contributed by atoms with Gasteiger partial charge < -0.3 is 15.8 Å². The normalized spacial score (nSPS) is 10.1. The van der Waals surface area contributed by atoms with Gasteiger partial charge in [-0.3, -0.25) is 0 Å². The number of methoxy groups -OCH3 is 1. The predicted molar refractivity (Wildman–Crippen MR) is 78.9 cm³/mol. The fourth-order valence-electron chi connectivity index (χ4n) is 1.72. The van der Waals surface area contributed by atoms with E-state index >= 15 is 0 Å². The number of nitrogens with one attached hydrogen (secondary N) is 1. The zero-order chi connectivity index (χ0) is 13.0. The Morgan fingerprint density at radius 2 is 1.94 bits per heavy atom. The molecule has 0 saturated carbocycles. The van der Waals surface area contributed by atoms with Gasteiger partial charge in [0.25, 0.3) is 0 Å². The first-order chi connectivity index (χ1) is 8.72. The topological polar surface area (TPSA) is 47.3 Å². The van der Waals surface area contributed by atoms with Gasteiger partial charge in [-0.2, -0.15) is 0 Å². The molecule has 2 aromatic carbocycles. The van der Waals surface area contributed by atoms with Gasteiger partial charge >= 0.3 is 0 Å².